The molecule has 1 N–H and O–H groups in total. The second-order valence-electron chi connectivity index (χ2n) is 5.86. The fourth-order valence-corrected chi connectivity index (χ4v) is 2.85. The van der Waals surface area contributed by atoms with Crippen molar-refractivity contribution in [2.75, 3.05) is 6.61 Å². The summed E-state index contributed by atoms with van der Waals surface area (Å²) in [4.78, 5) is 12.3. The van der Waals surface area contributed by atoms with Crippen LogP contribution in [0.15, 0.2) is 36.7 Å². The van der Waals surface area contributed by atoms with Crippen LogP contribution in [0, 0.1) is 12.7 Å². The van der Waals surface area contributed by atoms with Gasteiger partial charge in [-0.15, -0.1) is 0 Å². The second-order valence-corrected chi connectivity index (χ2v) is 5.86. The first-order valence-electron chi connectivity index (χ1n) is 7.77. The maximum Gasteiger partial charge on any atom is 0.242 e. The highest BCUT2D eigenvalue weighted by Crippen LogP contribution is 2.27. The molecule has 1 aromatic heterocycles. The van der Waals surface area contributed by atoms with Crippen LogP contribution in [0.3, 0.4) is 0 Å². The standard InChI is InChI=1S/C17H20FN3O2/c1-12-9-19-21(10-12)11-16(22)20-17(15-3-2-8-23-15)13-4-6-14(18)7-5-13/h4-7,9-10,15,17H,2-3,8,11H2,1H3,(H,20,22)/t15-,17+/m0/s1. The first-order chi connectivity index (χ1) is 11.1. The Bertz CT molecular complexity index is 663. The number of carbonyl (C=O) groups is 1. The smallest absolute Gasteiger partial charge is 0.242 e. The summed E-state index contributed by atoms with van der Waals surface area (Å²) in [5.41, 5.74) is 1.86. The van der Waals surface area contributed by atoms with Crippen molar-refractivity contribution < 1.29 is 13.9 Å². The Morgan fingerprint density at radius 2 is 2.26 bits per heavy atom. The molecule has 5 nitrogen and oxygen atoms in total. The number of halogens is 1. The van der Waals surface area contributed by atoms with Crippen molar-refractivity contribution in [1.82, 2.24) is 15.1 Å². The molecule has 1 aliphatic rings. The van der Waals surface area contributed by atoms with Gasteiger partial charge in [0.2, 0.25) is 5.91 Å². The number of rotatable bonds is 5. The van der Waals surface area contributed by atoms with E-state index in [1.54, 1.807) is 23.0 Å². The van der Waals surface area contributed by atoms with Gasteiger partial charge in [-0.1, -0.05) is 12.1 Å². The van der Waals surface area contributed by atoms with Crippen molar-refractivity contribution in [3.05, 3.63) is 53.6 Å². The van der Waals surface area contributed by atoms with E-state index in [2.05, 4.69) is 10.4 Å². The van der Waals surface area contributed by atoms with E-state index >= 15 is 0 Å². The molecule has 1 fully saturated rings. The molecule has 2 heterocycles. The van der Waals surface area contributed by atoms with Crippen LogP contribution in [-0.2, 0) is 16.1 Å². The van der Waals surface area contributed by atoms with Crippen molar-refractivity contribution in [2.45, 2.75) is 38.5 Å². The highest BCUT2D eigenvalue weighted by molar-refractivity contribution is 5.76. The van der Waals surface area contributed by atoms with Gasteiger partial charge in [0, 0.05) is 12.8 Å². The quantitative estimate of drug-likeness (QED) is 0.921. The van der Waals surface area contributed by atoms with Gasteiger partial charge in [-0.2, -0.15) is 5.10 Å². The third-order valence-electron chi connectivity index (χ3n) is 3.95. The predicted molar refractivity (Wildman–Crippen MR) is 83.2 cm³/mol. The van der Waals surface area contributed by atoms with E-state index in [9.17, 15) is 9.18 Å². The van der Waals surface area contributed by atoms with E-state index in [0.717, 1.165) is 24.0 Å². The molecule has 1 saturated heterocycles. The topological polar surface area (TPSA) is 56.2 Å². The molecule has 1 amide bonds. The number of hydrogen-bond acceptors (Lipinski definition) is 3. The van der Waals surface area contributed by atoms with Crippen LogP contribution >= 0.6 is 0 Å². The summed E-state index contributed by atoms with van der Waals surface area (Å²) >= 11 is 0. The summed E-state index contributed by atoms with van der Waals surface area (Å²) in [6.07, 6.45) is 5.30. The third-order valence-corrected chi connectivity index (χ3v) is 3.95. The molecule has 6 heteroatoms. The van der Waals surface area contributed by atoms with Crippen LogP contribution in [0.25, 0.3) is 0 Å². The second kappa shape index (κ2) is 6.91. The first-order valence-corrected chi connectivity index (χ1v) is 7.77. The zero-order valence-corrected chi connectivity index (χ0v) is 13.0. The normalized spacial score (nSPS) is 18.8. The van der Waals surface area contributed by atoms with Crippen molar-refractivity contribution in [1.29, 1.82) is 0 Å². The number of nitrogens with zero attached hydrogens (tertiary/aromatic N) is 2. The van der Waals surface area contributed by atoms with Crippen LogP contribution in [0.1, 0.15) is 30.0 Å². The number of aryl methyl sites for hydroxylation is 1. The summed E-state index contributed by atoms with van der Waals surface area (Å²) < 4.78 is 20.5. The van der Waals surface area contributed by atoms with Gasteiger partial charge in [0.1, 0.15) is 12.4 Å². The molecule has 3 rings (SSSR count). The summed E-state index contributed by atoms with van der Waals surface area (Å²) in [6, 6.07) is 5.92. The third kappa shape index (κ3) is 3.96. The maximum absolute atomic E-state index is 13.1. The van der Waals surface area contributed by atoms with Gasteiger partial charge in [0.15, 0.2) is 0 Å². The molecule has 0 radical (unpaired) electrons. The number of amides is 1. The molecule has 2 atom stereocenters. The first kappa shape index (κ1) is 15.7. The van der Waals surface area contributed by atoms with Gasteiger partial charge < -0.3 is 10.1 Å². The largest absolute Gasteiger partial charge is 0.376 e. The summed E-state index contributed by atoms with van der Waals surface area (Å²) in [5, 5.41) is 7.13. The fourth-order valence-electron chi connectivity index (χ4n) is 2.85. The van der Waals surface area contributed by atoms with E-state index in [0.29, 0.717) is 6.61 Å². The minimum absolute atomic E-state index is 0.0798. The number of benzene rings is 1. The van der Waals surface area contributed by atoms with Crippen LogP contribution < -0.4 is 5.32 Å². The lowest BCUT2D eigenvalue weighted by atomic mass is 9.99. The number of ether oxygens (including phenoxy) is 1. The predicted octanol–water partition coefficient (Wildman–Crippen LogP) is 2.37. The molecule has 23 heavy (non-hydrogen) atoms. The molecule has 0 unspecified atom stereocenters. The van der Waals surface area contributed by atoms with Crippen LogP contribution in [-0.4, -0.2) is 28.4 Å². The molecule has 2 aromatic rings. The van der Waals surface area contributed by atoms with Gasteiger partial charge >= 0.3 is 0 Å². The Morgan fingerprint density at radius 1 is 1.48 bits per heavy atom. The average molecular weight is 317 g/mol. The van der Waals surface area contributed by atoms with E-state index in [1.807, 2.05) is 13.1 Å². The van der Waals surface area contributed by atoms with Gasteiger partial charge in [-0.25, -0.2) is 4.39 Å². The summed E-state index contributed by atoms with van der Waals surface area (Å²) in [6.45, 7) is 2.77. The summed E-state index contributed by atoms with van der Waals surface area (Å²) in [7, 11) is 0. The zero-order valence-electron chi connectivity index (χ0n) is 13.0. The van der Waals surface area contributed by atoms with Crippen LogP contribution in [0.5, 0.6) is 0 Å². The van der Waals surface area contributed by atoms with E-state index in [-0.39, 0.29) is 30.4 Å². The van der Waals surface area contributed by atoms with E-state index in [1.165, 1.54) is 12.1 Å². The highest BCUT2D eigenvalue weighted by Gasteiger charge is 2.28. The average Bonchev–Trinajstić information content (AvgIpc) is 3.18. The van der Waals surface area contributed by atoms with Crippen molar-refractivity contribution in [3.63, 3.8) is 0 Å². The molecule has 0 aliphatic carbocycles. The Balaban J connectivity index is 1.72. The molecule has 122 valence electrons. The van der Waals surface area contributed by atoms with Crippen molar-refractivity contribution in [3.8, 4) is 0 Å². The zero-order chi connectivity index (χ0) is 16.2. The minimum atomic E-state index is -0.293. The molecule has 0 saturated carbocycles. The lowest BCUT2D eigenvalue weighted by Gasteiger charge is -2.24. The monoisotopic (exact) mass is 317 g/mol. The molecule has 1 aromatic carbocycles. The number of aromatic nitrogens is 2. The minimum Gasteiger partial charge on any atom is -0.376 e. The van der Waals surface area contributed by atoms with Gasteiger partial charge in [-0.3, -0.25) is 9.48 Å². The molecule has 0 spiro atoms. The Hall–Kier alpha value is -2.21. The van der Waals surface area contributed by atoms with Gasteiger partial charge in [0.25, 0.3) is 0 Å². The van der Waals surface area contributed by atoms with Crippen molar-refractivity contribution >= 4 is 5.91 Å². The number of hydrogen-bond donors (Lipinski definition) is 1. The molecular weight excluding hydrogens is 297 g/mol. The Morgan fingerprint density at radius 3 is 2.87 bits per heavy atom. The number of carbonyl (C=O) groups excluding carboxylic acids is 1. The lowest BCUT2D eigenvalue weighted by Crippen LogP contribution is -2.38. The molecule has 0 bridgehead atoms. The molecule has 1 aliphatic heterocycles. The van der Waals surface area contributed by atoms with Gasteiger partial charge in [-0.05, 0) is 43.0 Å². The van der Waals surface area contributed by atoms with Crippen LogP contribution in [0.4, 0.5) is 4.39 Å². The SMILES string of the molecule is Cc1cnn(CC(=O)N[C@H](c2ccc(F)cc2)[C@@H]2CCCO2)c1. The highest BCUT2D eigenvalue weighted by atomic mass is 19.1. The number of nitrogens with one attached hydrogen (secondary N) is 1. The Kier molecular flexibility index (Phi) is 4.71. The lowest BCUT2D eigenvalue weighted by molar-refractivity contribution is -0.123. The van der Waals surface area contributed by atoms with E-state index in [4.69, 9.17) is 4.74 Å². The van der Waals surface area contributed by atoms with Gasteiger partial charge in [0.05, 0.1) is 18.3 Å². The molecular formula is C17H20FN3O2. The Labute approximate surface area is 134 Å². The van der Waals surface area contributed by atoms with E-state index < -0.39 is 0 Å². The fraction of sp³-hybridized carbons (Fsp3) is 0.412. The summed E-state index contributed by atoms with van der Waals surface area (Å²) in [5.74, 6) is -0.434. The maximum atomic E-state index is 13.1. The van der Waals surface area contributed by atoms with Crippen LogP contribution in [0.2, 0.25) is 0 Å². The van der Waals surface area contributed by atoms with Crippen molar-refractivity contribution in [2.24, 2.45) is 0 Å².